The van der Waals surface area contributed by atoms with Crippen LogP contribution in [0.1, 0.15) is 31.7 Å². The molecule has 7 heteroatoms. The van der Waals surface area contributed by atoms with Gasteiger partial charge in [0, 0.05) is 18.3 Å². The zero-order chi connectivity index (χ0) is 16.2. The fraction of sp³-hybridized carbons (Fsp3) is 0.500. The number of benzene rings is 1. The Morgan fingerprint density at radius 1 is 1.39 bits per heavy atom. The number of hydrogen-bond acceptors (Lipinski definition) is 5. The second-order valence-corrected chi connectivity index (χ2v) is 6.04. The van der Waals surface area contributed by atoms with Crippen molar-refractivity contribution in [3.8, 4) is 5.69 Å². The highest BCUT2D eigenvalue weighted by atomic mass is 16.2. The zero-order valence-corrected chi connectivity index (χ0v) is 13.6. The minimum absolute atomic E-state index is 0.154. The largest absolute Gasteiger partial charge is 0.376 e. The summed E-state index contributed by atoms with van der Waals surface area (Å²) < 4.78 is 1.62. The second-order valence-electron chi connectivity index (χ2n) is 6.04. The number of likely N-dealkylation sites (tertiary alicyclic amines) is 1. The number of amides is 1. The Labute approximate surface area is 135 Å². The van der Waals surface area contributed by atoms with E-state index in [9.17, 15) is 4.79 Å². The van der Waals surface area contributed by atoms with Gasteiger partial charge in [0.15, 0.2) is 0 Å². The molecule has 0 spiro atoms. The van der Waals surface area contributed by atoms with Crippen molar-refractivity contribution >= 4 is 11.6 Å². The first-order valence-corrected chi connectivity index (χ1v) is 8.02. The van der Waals surface area contributed by atoms with Crippen molar-refractivity contribution in [3.63, 3.8) is 0 Å². The molecule has 0 aliphatic carbocycles. The van der Waals surface area contributed by atoms with Gasteiger partial charge in [0.1, 0.15) is 6.33 Å². The van der Waals surface area contributed by atoms with Crippen LogP contribution in [0.5, 0.6) is 0 Å². The Hall–Kier alpha value is -2.44. The van der Waals surface area contributed by atoms with E-state index in [4.69, 9.17) is 0 Å². The summed E-state index contributed by atoms with van der Waals surface area (Å²) in [5.41, 5.74) is 2.86. The van der Waals surface area contributed by atoms with Crippen LogP contribution in [0.4, 0.5) is 5.69 Å². The van der Waals surface area contributed by atoms with Crippen molar-refractivity contribution in [2.75, 3.05) is 18.4 Å². The summed E-state index contributed by atoms with van der Waals surface area (Å²) >= 11 is 0. The van der Waals surface area contributed by atoms with Crippen molar-refractivity contribution in [3.05, 3.63) is 30.1 Å². The van der Waals surface area contributed by atoms with E-state index in [0.29, 0.717) is 12.6 Å². The number of rotatable bonds is 4. The molecule has 1 aromatic heterocycles. The van der Waals surface area contributed by atoms with Crippen LogP contribution < -0.4 is 5.32 Å². The molecule has 1 aromatic carbocycles. The maximum Gasteiger partial charge on any atom is 0.242 e. The summed E-state index contributed by atoms with van der Waals surface area (Å²) in [6.07, 6.45) is 4.97. The van der Waals surface area contributed by atoms with Crippen LogP contribution in [0.2, 0.25) is 0 Å². The fourth-order valence-corrected chi connectivity index (χ4v) is 2.99. The van der Waals surface area contributed by atoms with E-state index in [0.717, 1.165) is 36.3 Å². The van der Waals surface area contributed by atoms with Crippen LogP contribution in [0.25, 0.3) is 5.69 Å². The van der Waals surface area contributed by atoms with E-state index in [1.807, 2.05) is 30.0 Å². The van der Waals surface area contributed by atoms with Gasteiger partial charge in [-0.1, -0.05) is 6.07 Å². The standard InChI is InChI=1S/C16H22N6O/c1-12-6-7-14(9-15(12)22-11-18-19-20-22)17-10-16(23)21-8-4-3-5-13(21)2/h6-7,9,11,13,17H,3-5,8,10H2,1-2H3/t13-/m0/s1. The molecule has 0 unspecified atom stereocenters. The third-order valence-corrected chi connectivity index (χ3v) is 4.37. The first kappa shape index (κ1) is 15.5. The predicted octanol–water partition coefficient (Wildman–Crippen LogP) is 1.78. The quantitative estimate of drug-likeness (QED) is 0.931. The topological polar surface area (TPSA) is 75.9 Å². The van der Waals surface area contributed by atoms with Crippen LogP contribution in [0.3, 0.4) is 0 Å². The Morgan fingerprint density at radius 3 is 3.00 bits per heavy atom. The highest BCUT2D eigenvalue weighted by molar-refractivity contribution is 5.81. The fourth-order valence-electron chi connectivity index (χ4n) is 2.99. The number of carbonyl (C=O) groups excluding carboxylic acids is 1. The molecule has 1 amide bonds. The molecule has 0 saturated carbocycles. The molecular weight excluding hydrogens is 292 g/mol. The lowest BCUT2D eigenvalue weighted by Crippen LogP contribution is -2.44. The molecule has 0 radical (unpaired) electrons. The number of nitrogens with one attached hydrogen (secondary N) is 1. The molecule has 3 rings (SSSR count). The van der Waals surface area contributed by atoms with E-state index >= 15 is 0 Å². The van der Waals surface area contributed by atoms with E-state index in [-0.39, 0.29) is 5.91 Å². The predicted molar refractivity (Wildman–Crippen MR) is 87.4 cm³/mol. The van der Waals surface area contributed by atoms with Gasteiger partial charge in [-0.05, 0) is 61.2 Å². The first-order chi connectivity index (χ1) is 11.1. The Bertz CT molecular complexity index is 669. The van der Waals surface area contributed by atoms with E-state index in [1.165, 1.54) is 6.42 Å². The molecule has 2 aromatic rings. The molecule has 1 aliphatic rings. The summed E-state index contributed by atoms with van der Waals surface area (Å²) in [4.78, 5) is 14.4. The van der Waals surface area contributed by atoms with Crippen molar-refractivity contribution in [2.24, 2.45) is 0 Å². The van der Waals surface area contributed by atoms with Gasteiger partial charge in [-0.25, -0.2) is 4.68 Å². The molecular formula is C16H22N6O. The second kappa shape index (κ2) is 6.76. The maximum atomic E-state index is 12.4. The molecule has 1 N–H and O–H groups in total. The Kier molecular flexibility index (Phi) is 4.55. The maximum absolute atomic E-state index is 12.4. The van der Waals surface area contributed by atoms with Crippen LogP contribution in [0, 0.1) is 6.92 Å². The van der Waals surface area contributed by atoms with Crippen molar-refractivity contribution in [1.29, 1.82) is 0 Å². The van der Waals surface area contributed by atoms with Gasteiger partial charge in [0.05, 0.1) is 12.2 Å². The summed E-state index contributed by atoms with van der Waals surface area (Å²) in [6.45, 7) is 5.30. The molecule has 2 heterocycles. The lowest BCUT2D eigenvalue weighted by Gasteiger charge is -2.33. The average Bonchev–Trinajstić information content (AvgIpc) is 3.08. The van der Waals surface area contributed by atoms with Crippen molar-refractivity contribution in [1.82, 2.24) is 25.1 Å². The summed E-state index contributed by atoms with van der Waals surface area (Å²) in [5.74, 6) is 0.154. The van der Waals surface area contributed by atoms with Gasteiger partial charge in [0.25, 0.3) is 0 Å². The molecule has 122 valence electrons. The molecule has 1 saturated heterocycles. The van der Waals surface area contributed by atoms with E-state index < -0.39 is 0 Å². The number of aromatic nitrogens is 4. The highest BCUT2D eigenvalue weighted by Crippen LogP contribution is 2.19. The number of tetrazole rings is 1. The number of aryl methyl sites for hydroxylation is 1. The summed E-state index contributed by atoms with van der Waals surface area (Å²) in [7, 11) is 0. The zero-order valence-electron chi connectivity index (χ0n) is 13.6. The minimum Gasteiger partial charge on any atom is -0.376 e. The number of hydrogen-bond donors (Lipinski definition) is 1. The number of piperidine rings is 1. The Morgan fingerprint density at radius 2 is 2.26 bits per heavy atom. The minimum atomic E-state index is 0.154. The molecule has 23 heavy (non-hydrogen) atoms. The molecule has 7 nitrogen and oxygen atoms in total. The Balaban J connectivity index is 1.66. The van der Waals surface area contributed by atoms with Gasteiger partial charge in [-0.15, -0.1) is 5.10 Å². The van der Waals surface area contributed by atoms with Crippen LogP contribution in [-0.2, 0) is 4.79 Å². The van der Waals surface area contributed by atoms with Crippen LogP contribution >= 0.6 is 0 Å². The smallest absolute Gasteiger partial charge is 0.242 e. The summed E-state index contributed by atoms with van der Waals surface area (Å²) in [5, 5.41) is 14.5. The molecule has 1 atom stereocenters. The lowest BCUT2D eigenvalue weighted by atomic mass is 10.0. The van der Waals surface area contributed by atoms with Crippen molar-refractivity contribution < 1.29 is 4.79 Å². The third-order valence-electron chi connectivity index (χ3n) is 4.37. The monoisotopic (exact) mass is 314 g/mol. The van der Waals surface area contributed by atoms with E-state index in [2.05, 4.69) is 27.8 Å². The highest BCUT2D eigenvalue weighted by Gasteiger charge is 2.22. The van der Waals surface area contributed by atoms with E-state index in [1.54, 1.807) is 11.0 Å². The average molecular weight is 314 g/mol. The SMILES string of the molecule is Cc1ccc(NCC(=O)N2CCCC[C@@H]2C)cc1-n1cnnn1. The van der Waals surface area contributed by atoms with Gasteiger partial charge >= 0.3 is 0 Å². The lowest BCUT2D eigenvalue weighted by molar-refractivity contribution is -0.132. The van der Waals surface area contributed by atoms with Gasteiger partial charge < -0.3 is 10.2 Å². The van der Waals surface area contributed by atoms with Gasteiger partial charge in [-0.3, -0.25) is 4.79 Å². The first-order valence-electron chi connectivity index (χ1n) is 8.02. The van der Waals surface area contributed by atoms with Gasteiger partial charge in [0.2, 0.25) is 5.91 Å². The summed E-state index contributed by atoms with van der Waals surface area (Å²) in [6, 6.07) is 6.26. The molecule has 1 fully saturated rings. The van der Waals surface area contributed by atoms with Crippen LogP contribution in [-0.4, -0.2) is 50.1 Å². The van der Waals surface area contributed by atoms with Crippen LogP contribution in [0.15, 0.2) is 24.5 Å². The normalized spacial score (nSPS) is 18.0. The number of anilines is 1. The number of carbonyl (C=O) groups is 1. The molecule has 0 bridgehead atoms. The van der Waals surface area contributed by atoms with Gasteiger partial charge in [-0.2, -0.15) is 0 Å². The van der Waals surface area contributed by atoms with Crippen molar-refractivity contribution in [2.45, 2.75) is 39.2 Å². The molecule has 1 aliphatic heterocycles. The number of nitrogens with zero attached hydrogens (tertiary/aromatic N) is 5. The third kappa shape index (κ3) is 3.49.